The Balaban J connectivity index is 1.73. The minimum atomic E-state index is -0.896. The van der Waals surface area contributed by atoms with Crippen LogP contribution in [0.25, 0.3) is 0 Å². The summed E-state index contributed by atoms with van der Waals surface area (Å²) in [7, 11) is 1.61. The van der Waals surface area contributed by atoms with Gasteiger partial charge in [-0.1, -0.05) is 12.1 Å². The summed E-state index contributed by atoms with van der Waals surface area (Å²) in [6.45, 7) is 1.41. The summed E-state index contributed by atoms with van der Waals surface area (Å²) in [6.07, 6.45) is 0.438. The summed E-state index contributed by atoms with van der Waals surface area (Å²) in [5, 5.41) is 11.5. The van der Waals surface area contributed by atoms with Gasteiger partial charge in [0, 0.05) is 13.7 Å². The Kier molecular flexibility index (Phi) is 5.16. The van der Waals surface area contributed by atoms with Crippen LogP contribution < -0.4 is 10.1 Å². The molecule has 1 aliphatic carbocycles. The third-order valence-electron chi connectivity index (χ3n) is 3.39. The molecular formula is C15H19NO5. The molecule has 114 valence electrons. The highest BCUT2D eigenvalue weighted by Gasteiger charge is 2.48. The summed E-state index contributed by atoms with van der Waals surface area (Å²) in [4.78, 5) is 22.4. The molecule has 0 aromatic heterocycles. The Bertz CT molecular complexity index is 499. The van der Waals surface area contributed by atoms with Crippen molar-refractivity contribution in [3.05, 3.63) is 29.8 Å². The van der Waals surface area contributed by atoms with Crippen LogP contribution in [0.15, 0.2) is 24.3 Å². The van der Waals surface area contributed by atoms with Crippen LogP contribution in [-0.4, -0.2) is 37.3 Å². The molecule has 6 nitrogen and oxygen atoms in total. The van der Waals surface area contributed by atoms with Gasteiger partial charge in [0.15, 0.2) is 0 Å². The predicted molar refractivity (Wildman–Crippen MR) is 74.9 cm³/mol. The van der Waals surface area contributed by atoms with Crippen LogP contribution in [0.4, 0.5) is 0 Å². The Morgan fingerprint density at radius 1 is 1.24 bits per heavy atom. The van der Waals surface area contributed by atoms with Crippen molar-refractivity contribution >= 4 is 11.9 Å². The number of carbonyl (C=O) groups is 2. The van der Waals surface area contributed by atoms with Gasteiger partial charge in [0.2, 0.25) is 5.91 Å². The SMILES string of the molecule is COCCOc1ccc(CNC(=O)[C@@H]2C[C@@H]2C(=O)O)cc1. The maximum absolute atomic E-state index is 11.7. The first-order chi connectivity index (χ1) is 10.1. The molecule has 2 N–H and O–H groups in total. The Morgan fingerprint density at radius 3 is 2.52 bits per heavy atom. The van der Waals surface area contributed by atoms with E-state index in [-0.39, 0.29) is 11.8 Å². The van der Waals surface area contributed by atoms with Crippen molar-refractivity contribution in [2.75, 3.05) is 20.3 Å². The zero-order valence-electron chi connectivity index (χ0n) is 11.9. The van der Waals surface area contributed by atoms with Crippen LogP contribution in [0.1, 0.15) is 12.0 Å². The molecule has 2 atom stereocenters. The molecule has 1 aromatic rings. The smallest absolute Gasteiger partial charge is 0.307 e. The van der Waals surface area contributed by atoms with Crippen LogP contribution in [0.3, 0.4) is 0 Å². The molecular weight excluding hydrogens is 274 g/mol. The third-order valence-corrected chi connectivity index (χ3v) is 3.39. The number of nitrogens with one attached hydrogen (secondary N) is 1. The highest BCUT2D eigenvalue weighted by Crippen LogP contribution is 2.38. The van der Waals surface area contributed by atoms with Crippen molar-refractivity contribution in [1.29, 1.82) is 0 Å². The van der Waals surface area contributed by atoms with Gasteiger partial charge in [0.1, 0.15) is 12.4 Å². The minimum absolute atomic E-state index is 0.192. The first-order valence-electron chi connectivity index (χ1n) is 6.83. The molecule has 0 radical (unpaired) electrons. The molecule has 6 heteroatoms. The molecule has 0 aliphatic heterocycles. The number of carboxylic acids is 1. The highest BCUT2D eigenvalue weighted by molar-refractivity contribution is 5.89. The number of rotatable bonds is 8. The first kappa shape index (κ1) is 15.3. The second-order valence-electron chi connectivity index (χ2n) is 4.99. The van der Waals surface area contributed by atoms with Gasteiger partial charge in [-0.15, -0.1) is 0 Å². The van der Waals surface area contributed by atoms with Gasteiger partial charge >= 0.3 is 5.97 Å². The van der Waals surface area contributed by atoms with Crippen LogP contribution in [0.5, 0.6) is 5.75 Å². The average molecular weight is 293 g/mol. The monoisotopic (exact) mass is 293 g/mol. The molecule has 0 saturated heterocycles. The van der Waals surface area contributed by atoms with Crippen molar-refractivity contribution in [2.45, 2.75) is 13.0 Å². The Morgan fingerprint density at radius 2 is 1.95 bits per heavy atom. The summed E-state index contributed by atoms with van der Waals surface area (Å²) in [5.41, 5.74) is 0.940. The lowest BCUT2D eigenvalue weighted by molar-refractivity contribution is -0.140. The van der Waals surface area contributed by atoms with E-state index in [2.05, 4.69) is 5.32 Å². The van der Waals surface area contributed by atoms with E-state index in [1.165, 1.54) is 0 Å². The predicted octanol–water partition coefficient (Wildman–Crippen LogP) is 1.05. The van der Waals surface area contributed by atoms with Gasteiger partial charge < -0.3 is 19.9 Å². The summed E-state index contributed by atoms with van der Waals surface area (Å²) >= 11 is 0. The van der Waals surface area contributed by atoms with Crippen LogP contribution in [0, 0.1) is 11.8 Å². The van der Waals surface area contributed by atoms with Crippen molar-refractivity contribution in [3.8, 4) is 5.75 Å². The van der Waals surface area contributed by atoms with Crippen molar-refractivity contribution in [1.82, 2.24) is 5.32 Å². The van der Waals surface area contributed by atoms with E-state index in [0.29, 0.717) is 26.2 Å². The molecule has 1 fully saturated rings. The topological polar surface area (TPSA) is 84.9 Å². The maximum Gasteiger partial charge on any atom is 0.307 e. The number of hydrogen-bond donors (Lipinski definition) is 2. The van der Waals surface area contributed by atoms with Gasteiger partial charge in [0.05, 0.1) is 18.4 Å². The molecule has 0 bridgehead atoms. The molecule has 2 rings (SSSR count). The fourth-order valence-corrected chi connectivity index (χ4v) is 2.02. The van der Waals surface area contributed by atoms with Gasteiger partial charge in [-0.25, -0.2) is 0 Å². The first-order valence-corrected chi connectivity index (χ1v) is 6.83. The Labute approximate surface area is 123 Å². The van der Waals surface area contributed by atoms with Gasteiger partial charge in [0.25, 0.3) is 0 Å². The third kappa shape index (κ3) is 4.46. The second kappa shape index (κ2) is 7.08. The number of carboxylic acid groups (broad SMARTS) is 1. The van der Waals surface area contributed by atoms with E-state index in [1.54, 1.807) is 7.11 Å². The number of aliphatic carboxylic acids is 1. The number of carbonyl (C=O) groups excluding carboxylic acids is 1. The van der Waals surface area contributed by atoms with Crippen molar-refractivity contribution in [2.24, 2.45) is 11.8 Å². The summed E-state index contributed by atoms with van der Waals surface area (Å²) in [6, 6.07) is 7.39. The molecule has 0 heterocycles. The zero-order valence-corrected chi connectivity index (χ0v) is 11.9. The largest absolute Gasteiger partial charge is 0.491 e. The summed E-state index contributed by atoms with van der Waals surface area (Å²) in [5.74, 6) is -1.23. The fourth-order valence-electron chi connectivity index (χ4n) is 2.02. The van der Waals surface area contributed by atoms with E-state index in [9.17, 15) is 9.59 Å². The van der Waals surface area contributed by atoms with E-state index in [1.807, 2.05) is 24.3 Å². The Hall–Kier alpha value is -2.08. The maximum atomic E-state index is 11.7. The molecule has 0 unspecified atom stereocenters. The zero-order chi connectivity index (χ0) is 15.2. The molecule has 0 spiro atoms. The van der Waals surface area contributed by atoms with Crippen LogP contribution in [0.2, 0.25) is 0 Å². The van der Waals surface area contributed by atoms with Crippen molar-refractivity contribution < 1.29 is 24.2 Å². The number of amides is 1. The lowest BCUT2D eigenvalue weighted by Crippen LogP contribution is -2.25. The van der Waals surface area contributed by atoms with Gasteiger partial charge in [-0.2, -0.15) is 0 Å². The standard InChI is InChI=1S/C15H19NO5/c1-20-6-7-21-11-4-2-10(3-5-11)9-16-14(17)12-8-13(12)15(18)19/h2-5,12-13H,6-9H2,1H3,(H,16,17)(H,18,19)/t12-,13+/m1/s1. The average Bonchev–Trinajstić information content (AvgIpc) is 3.27. The van der Waals surface area contributed by atoms with E-state index < -0.39 is 11.9 Å². The van der Waals surface area contributed by atoms with Gasteiger partial charge in [-0.05, 0) is 24.1 Å². The quantitative estimate of drug-likeness (QED) is 0.700. The molecule has 1 aliphatic rings. The fraction of sp³-hybridized carbons (Fsp3) is 0.467. The van der Waals surface area contributed by atoms with Crippen molar-refractivity contribution in [3.63, 3.8) is 0 Å². The molecule has 1 saturated carbocycles. The summed E-state index contributed by atoms with van der Waals surface area (Å²) < 4.78 is 10.3. The normalized spacial score (nSPS) is 19.9. The highest BCUT2D eigenvalue weighted by atomic mass is 16.5. The lowest BCUT2D eigenvalue weighted by atomic mass is 10.2. The number of benzene rings is 1. The van der Waals surface area contributed by atoms with Crippen LogP contribution >= 0.6 is 0 Å². The lowest BCUT2D eigenvalue weighted by Gasteiger charge is -2.07. The molecule has 1 aromatic carbocycles. The van der Waals surface area contributed by atoms with Gasteiger partial charge in [-0.3, -0.25) is 9.59 Å². The van der Waals surface area contributed by atoms with E-state index >= 15 is 0 Å². The van der Waals surface area contributed by atoms with E-state index in [0.717, 1.165) is 11.3 Å². The number of methoxy groups -OCH3 is 1. The van der Waals surface area contributed by atoms with Crippen LogP contribution in [-0.2, 0) is 20.9 Å². The molecule has 1 amide bonds. The number of hydrogen-bond acceptors (Lipinski definition) is 4. The number of ether oxygens (including phenoxy) is 2. The minimum Gasteiger partial charge on any atom is -0.491 e. The molecule has 21 heavy (non-hydrogen) atoms. The second-order valence-corrected chi connectivity index (χ2v) is 4.99. The van der Waals surface area contributed by atoms with E-state index in [4.69, 9.17) is 14.6 Å².